The molecule has 0 radical (unpaired) electrons. The molecule has 1 heterocycles. The van der Waals surface area contributed by atoms with Crippen molar-refractivity contribution in [2.24, 2.45) is 7.05 Å². The minimum atomic E-state index is -0.650. The molecule has 0 aliphatic rings. The summed E-state index contributed by atoms with van der Waals surface area (Å²) in [5, 5.41) is 6.78. The molecule has 0 bridgehead atoms. The first-order valence-electron chi connectivity index (χ1n) is 6.08. The van der Waals surface area contributed by atoms with Gasteiger partial charge in [0.05, 0.1) is 0 Å². The summed E-state index contributed by atoms with van der Waals surface area (Å²) in [5.41, 5.74) is 0.495. The molecule has 0 aliphatic heterocycles. The van der Waals surface area contributed by atoms with Crippen LogP contribution in [0.3, 0.4) is 0 Å². The third-order valence-corrected chi connectivity index (χ3v) is 3.63. The summed E-state index contributed by atoms with van der Waals surface area (Å²) in [7, 11) is 3.17. The topological polar surface area (TPSA) is 68.9 Å². The average Bonchev–Trinajstić information content (AvgIpc) is 2.75. The van der Waals surface area contributed by atoms with Crippen LogP contribution in [0.5, 0.6) is 0 Å². The van der Waals surface area contributed by atoms with E-state index in [1.165, 1.54) is 16.3 Å². The Bertz CT molecular complexity index is 687. The molecule has 0 aliphatic carbocycles. The highest BCUT2D eigenvalue weighted by Gasteiger charge is 2.20. The Hall–Kier alpha value is -1.89. The third kappa shape index (κ3) is 2.53. The third-order valence-electron chi connectivity index (χ3n) is 3.10. The molecule has 2 rings (SSSR count). The zero-order valence-corrected chi connectivity index (χ0v) is 13.0. The molecule has 0 saturated carbocycles. The molecular formula is C13H15BrN4O2. The van der Waals surface area contributed by atoms with E-state index < -0.39 is 6.04 Å². The van der Waals surface area contributed by atoms with E-state index >= 15 is 0 Å². The number of carbonyl (C=O) groups is 1. The van der Waals surface area contributed by atoms with E-state index in [0.29, 0.717) is 5.82 Å². The van der Waals surface area contributed by atoms with E-state index in [9.17, 15) is 9.59 Å². The summed E-state index contributed by atoms with van der Waals surface area (Å²) in [6.45, 7) is 1.64. The Morgan fingerprint density at radius 3 is 2.50 bits per heavy atom. The van der Waals surface area contributed by atoms with Crippen LogP contribution in [0.15, 0.2) is 33.5 Å². The van der Waals surface area contributed by atoms with Crippen LogP contribution in [0.2, 0.25) is 0 Å². The first-order valence-corrected chi connectivity index (χ1v) is 6.88. The number of likely N-dealkylation sites (N-methyl/N-ethyl adjacent to an activating group) is 1. The molecule has 1 unspecified atom stereocenters. The van der Waals surface area contributed by atoms with Gasteiger partial charge in [-0.2, -0.15) is 0 Å². The van der Waals surface area contributed by atoms with Crippen molar-refractivity contribution in [1.29, 1.82) is 0 Å². The molecule has 1 aromatic heterocycles. The summed E-state index contributed by atoms with van der Waals surface area (Å²) >= 11 is 3.36. The lowest BCUT2D eigenvalue weighted by Crippen LogP contribution is -2.35. The number of rotatable bonds is 3. The highest BCUT2D eigenvalue weighted by Crippen LogP contribution is 2.19. The highest BCUT2D eigenvalue weighted by molar-refractivity contribution is 9.10. The summed E-state index contributed by atoms with van der Waals surface area (Å²) < 4.78 is 3.57. The van der Waals surface area contributed by atoms with Gasteiger partial charge < -0.3 is 5.32 Å². The number of benzene rings is 1. The number of hydrogen-bond donors (Lipinski definition) is 1. The van der Waals surface area contributed by atoms with Crippen molar-refractivity contribution in [3.05, 3.63) is 39.2 Å². The van der Waals surface area contributed by atoms with Crippen molar-refractivity contribution >= 4 is 21.8 Å². The summed E-state index contributed by atoms with van der Waals surface area (Å²) in [5.74, 6) is 0.269. The van der Waals surface area contributed by atoms with Gasteiger partial charge in [0.25, 0.3) is 0 Å². The van der Waals surface area contributed by atoms with Gasteiger partial charge in [-0.05, 0) is 19.1 Å². The predicted octanol–water partition coefficient (Wildman–Crippen LogP) is 1.32. The van der Waals surface area contributed by atoms with Gasteiger partial charge >= 0.3 is 5.69 Å². The summed E-state index contributed by atoms with van der Waals surface area (Å²) in [6, 6.07) is 6.83. The van der Waals surface area contributed by atoms with Gasteiger partial charge in [0.2, 0.25) is 5.91 Å². The van der Waals surface area contributed by atoms with Gasteiger partial charge in [-0.1, -0.05) is 28.1 Å². The highest BCUT2D eigenvalue weighted by atomic mass is 79.9. The van der Waals surface area contributed by atoms with Crippen LogP contribution in [0.4, 0.5) is 0 Å². The van der Waals surface area contributed by atoms with Crippen LogP contribution >= 0.6 is 15.9 Å². The molecule has 20 heavy (non-hydrogen) atoms. The van der Waals surface area contributed by atoms with Crippen LogP contribution in [0.1, 0.15) is 13.0 Å². The van der Waals surface area contributed by atoms with Crippen LogP contribution in [0.25, 0.3) is 11.4 Å². The fourth-order valence-electron chi connectivity index (χ4n) is 1.88. The SMILES string of the molecule is CNC(=O)C(C)n1nc(-c2ccc(Br)cc2)n(C)c1=O. The zero-order valence-electron chi connectivity index (χ0n) is 11.4. The largest absolute Gasteiger partial charge is 0.357 e. The van der Waals surface area contributed by atoms with Gasteiger partial charge in [0.1, 0.15) is 6.04 Å². The molecule has 2 aromatic rings. The second-order valence-electron chi connectivity index (χ2n) is 4.41. The monoisotopic (exact) mass is 338 g/mol. The van der Waals surface area contributed by atoms with Crippen molar-refractivity contribution in [1.82, 2.24) is 19.7 Å². The van der Waals surface area contributed by atoms with E-state index in [0.717, 1.165) is 10.0 Å². The Balaban J connectivity index is 2.50. The van der Waals surface area contributed by atoms with E-state index in [1.807, 2.05) is 24.3 Å². The van der Waals surface area contributed by atoms with Gasteiger partial charge in [0, 0.05) is 24.1 Å². The van der Waals surface area contributed by atoms with Crippen molar-refractivity contribution in [3.8, 4) is 11.4 Å². The number of nitrogens with zero attached hydrogens (tertiary/aromatic N) is 3. The van der Waals surface area contributed by atoms with E-state index in [2.05, 4.69) is 26.3 Å². The van der Waals surface area contributed by atoms with Crippen LogP contribution in [-0.4, -0.2) is 27.3 Å². The molecule has 1 N–H and O–H groups in total. The first-order chi connectivity index (χ1) is 9.45. The van der Waals surface area contributed by atoms with E-state index in [4.69, 9.17) is 0 Å². The van der Waals surface area contributed by atoms with Crippen LogP contribution in [0, 0.1) is 0 Å². The number of amides is 1. The van der Waals surface area contributed by atoms with Crippen molar-refractivity contribution in [2.75, 3.05) is 7.05 Å². The van der Waals surface area contributed by atoms with Crippen LogP contribution < -0.4 is 11.0 Å². The maximum Gasteiger partial charge on any atom is 0.346 e. The molecule has 6 nitrogen and oxygen atoms in total. The predicted molar refractivity (Wildman–Crippen MR) is 79.4 cm³/mol. The van der Waals surface area contributed by atoms with Crippen molar-refractivity contribution in [3.63, 3.8) is 0 Å². The number of nitrogens with one attached hydrogen (secondary N) is 1. The second-order valence-corrected chi connectivity index (χ2v) is 5.32. The van der Waals surface area contributed by atoms with Gasteiger partial charge in [0.15, 0.2) is 5.82 Å². The van der Waals surface area contributed by atoms with Gasteiger partial charge in [-0.15, -0.1) is 5.10 Å². The molecule has 1 amide bonds. The second kappa shape index (κ2) is 5.62. The zero-order chi connectivity index (χ0) is 14.9. The fourth-order valence-corrected chi connectivity index (χ4v) is 2.14. The number of hydrogen-bond acceptors (Lipinski definition) is 3. The lowest BCUT2D eigenvalue weighted by molar-refractivity contribution is -0.123. The molecule has 0 spiro atoms. The molecule has 0 fully saturated rings. The van der Waals surface area contributed by atoms with Crippen molar-refractivity contribution < 1.29 is 4.79 Å². The van der Waals surface area contributed by atoms with Crippen molar-refractivity contribution in [2.45, 2.75) is 13.0 Å². The Morgan fingerprint density at radius 2 is 1.95 bits per heavy atom. The van der Waals surface area contributed by atoms with E-state index in [-0.39, 0.29) is 11.6 Å². The van der Waals surface area contributed by atoms with Gasteiger partial charge in [-0.25, -0.2) is 9.48 Å². The number of carbonyl (C=O) groups excluding carboxylic acids is 1. The summed E-state index contributed by atoms with van der Waals surface area (Å²) in [6.07, 6.45) is 0. The average molecular weight is 339 g/mol. The Kier molecular flexibility index (Phi) is 4.08. The lowest BCUT2D eigenvalue weighted by atomic mass is 10.2. The molecular weight excluding hydrogens is 324 g/mol. The molecule has 0 saturated heterocycles. The quantitative estimate of drug-likeness (QED) is 0.917. The Morgan fingerprint density at radius 1 is 1.35 bits per heavy atom. The van der Waals surface area contributed by atoms with E-state index in [1.54, 1.807) is 14.0 Å². The number of halogens is 1. The molecule has 106 valence electrons. The first kappa shape index (κ1) is 14.5. The fraction of sp³-hybridized carbons (Fsp3) is 0.308. The standard InChI is InChI=1S/C13H15BrN4O2/c1-8(12(19)15-2)18-13(20)17(3)11(16-18)9-4-6-10(14)7-5-9/h4-8H,1-3H3,(H,15,19). The minimum absolute atomic E-state index is 0.257. The van der Waals surface area contributed by atoms with Gasteiger partial charge in [-0.3, -0.25) is 9.36 Å². The molecule has 1 atom stereocenters. The maximum absolute atomic E-state index is 12.2. The van der Waals surface area contributed by atoms with Crippen LogP contribution in [-0.2, 0) is 11.8 Å². The smallest absolute Gasteiger partial charge is 0.346 e. The molecule has 7 heteroatoms. The normalized spacial score (nSPS) is 12.2. The number of aromatic nitrogens is 3. The summed E-state index contributed by atoms with van der Waals surface area (Å²) in [4.78, 5) is 23.8. The Labute approximate surface area is 124 Å². The molecule has 1 aromatic carbocycles. The maximum atomic E-state index is 12.2. The lowest BCUT2D eigenvalue weighted by Gasteiger charge is -2.07. The minimum Gasteiger partial charge on any atom is -0.357 e.